The van der Waals surface area contributed by atoms with Crippen molar-refractivity contribution in [2.75, 3.05) is 0 Å². The molecule has 0 aromatic heterocycles. The number of rotatable bonds is 1. The fourth-order valence-corrected chi connectivity index (χ4v) is 1.59. The van der Waals surface area contributed by atoms with Crippen LogP contribution in [0.25, 0.3) is 10.8 Å². The van der Waals surface area contributed by atoms with Gasteiger partial charge in [0.2, 0.25) is 0 Å². The number of nitrogens with one attached hydrogen (secondary N) is 1. The van der Waals surface area contributed by atoms with Crippen LogP contribution in [-0.2, 0) is 0 Å². The van der Waals surface area contributed by atoms with Crippen LogP contribution in [0.4, 0.5) is 0 Å². The topological polar surface area (TPSA) is 157 Å². The minimum Gasteiger partial charge on any atom is -0.370 e. The van der Waals surface area contributed by atoms with Crippen LogP contribution in [0.5, 0.6) is 0 Å². The normalized spacial score (nSPS) is 9.20. The quantitative estimate of drug-likeness (QED) is 0.367. The second-order valence-electron chi connectivity index (χ2n) is 3.82. The average Bonchev–Trinajstić information content (AvgIpc) is 2.36. The van der Waals surface area contributed by atoms with Gasteiger partial charge < -0.3 is 22.9 Å². The number of hydrogen-bond donors (Lipinski definition) is 5. The fraction of sp³-hybridized carbons (Fsp3) is 0. The lowest BCUT2D eigenvalue weighted by molar-refractivity contribution is 0.100. The van der Waals surface area contributed by atoms with Crippen LogP contribution in [0.15, 0.2) is 47.5 Å². The van der Waals surface area contributed by atoms with Gasteiger partial charge in [-0.15, -0.1) is 0 Å². The van der Waals surface area contributed by atoms with Crippen molar-refractivity contribution in [3.8, 4) is 0 Å². The molecular formula is C13H16N6O. The van der Waals surface area contributed by atoms with Gasteiger partial charge in [-0.2, -0.15) is 4.99 Å². The summed E-state index contributed by atoms with van der Waals surface area (Å²) in [4.78, 5) is 15.3. The molecule has 2 rings (SSSR count). The Morgan fingerprint density at radius 2 is 1.50 bits per heavy atom. The number of nitrogens with two attached hydrogens (primary N) is 4. The van der Waals surface area contributed by atoms with E-state index in [1.165, 1.54) is 0 Å². The lowest BCUT2D eigenvalue weighted by atomic mass is 10.0. The molecule has 104 valence electrons. The van der Waals surface area contributed by atoms with Gasteiger partial charge in [0.25, 0.3) is 5.91 Å². The van der Waals surface area contributed by atoms with Gasteiger partial charge in [-0.3, -0.25) is 10.2 Å². The molecule has 7 heteroatoms. The molecule has 0 fully saturated rings. The van der Waals surface area contributed by atoms with E-state index in [1.54, 1.807) is 12.1 Å². The Balaban J connectivity index is 0.000000444. The second-order valence-corrected chi connectivity index (χ2v) is 3.82. The van der Waals surface area contributed by atoms with Gasteiger partial charge in [0, 0.05) is 5.56 Å². The molecule has 7 nitrogen and oxygen atoms in total. The third-order valence-electron chi connectivity index (χ3n) is 2.25. The van der Waals surface area contributed by atoms with Crippen molar-refractivity contribution in [3.63, 3.8) is 0 Å². The van der Waals surface area contributed by atoms with Crippen LogP contribution in [0, 0.1) is 5.41 Å². The molecule has 0 aliphatic carbocycles. The first kappa shape index (κ1) is 15.0. The van der Waals surface area contributed by atoms with Gasteiger partial charge >= 0.3 is 0 Å². The molecule has 0 saturated heterocycles. The highest BCUT2D eigenvalue weighted by Gasteiger charge is 2.08. The van der Waals surface area contributed by atoms with Gasteiger partial charge in [0.05, 0.1) is 0 Å². The van der Waals surface area contributed by atoms with E-state index in [0.29, 0.717) is 5.56 Å². The van der Waals surface area contributed by atoms with Crippen LogP contribution in [0.2, 0.25) is 0 Å². The lowest BCUT2D eigenvalue weighted by Crippen LogP contribution is -2.24. The molecule has 0 bridgehead atoms. The zero-order valence-electron chi connectivity index (χ0n) is 10.7. The molecule has 0 spiro atoms. The van der Waals surface area contributed by atoms with Gasteiger partial charge in [0.15, 0.2) is 11.9 Å². The highest BCUT2D eigenvalue weighted by molar-refractivity contribution is 6.10. The van der Waals surface area contributed by atoms with E-state index in [0.717, 1.165) is 10.8 Å². The SMILES string of the molecule is N=C(N)N.NC(N)=NC(=O)c1cccc2ccccc12. The Bertz CT molecular complexity index is 651. The summed E-state index contributed by atoms with van der Waals surface area (Å²) in [5.74, 6) is -0.977. The van der Waals surface area contributed by atoms with Gasteiger partial charge in [0.1, 0.15) is 0 Å². The number of hydrogen-bond acceptors (Lipinski definition) is 2. The van der Waals surface area contributed by atoms with Crippen molar-refractivity contribution in [2.45, 2.75) is 0 Å². The molecular weight excluding hydrogens is 256 g/mol. The van der Waals surface area contributed by atoms with Gasteiger partial charge in [-0.05, 0) is 16.8 Å². The highest BCUT2D eigenvalue weighted by atomic mass is 16.1. The first-order valence-electron chi connectivity index (χ1n) is 5.63. The molecule has 0 heterocycles. The van der Waals surface area contributed by atoms with Crippen LogP contribution in [0.1, 0.15) is 10.4 Å². The standard InChI is InChI=1S/C12H11N3O.CH5N3/c13-12(14)15-11(16)10-7-3-5-8-4-1-2-6-9(8)10;2-1(3)4/h1-7H,(H4,13,14,15,16);(H5,2,3,4). The summed E-state index contributed by atoms with van der Waals surface area (Å²) in [7, 11) is 0. The molecule has 9 N–H and O–H groups in total. The molecule has 0 atom stereocenters. The molecule has 2 aromatic carbocycles. The predicted octanol–water partition coefficient (Wildman–Crippen LogP) is 0.0920. The maximum Gasteiger partial charge on any atom is 0.280 e. The summed E-state index contributed by atoms with van der Waals surface area (Å²) >= 11 is 0. The first-order chi connectivity index (χ1) is 9.41. The number of aliphatic imine (C=N–C) groups is 1. The maximum atomic E-state index is 11.7. The van der Waals surface area contributed by atoms with Crippen LogP contribution in [-0.4, -0.2) is 17.8 Å². The summed E-state index contributed by atoms with van der Waals surface area (Å²) < 4.78 is 0. The van der Waals surface area contributed by atoms with Gasteiger partial charge in [-0.1, -0.05) is 36.4 Å². The van der Waals surface area contributed by atoms with E-state index in [9.17, 15) is 4.79 Å². The predicted molar refractivity (Wildman–Crippen MR) is 80.2 cm³/mol. The second kappa shape index (κ2) is 6.74. The lowest BCUT2D eigenvalue weighted by Gasteiger charge is -2.02. The van der Waals surface area contributed by atoms with Crippen molar-refractivity contribution in [2.24, 2.45) is 27.9 Å². The zero-order valence-corrected chi connectivity index (χ0v) is 10.7. The Labute approximate surface area is 115 Å². The Morgan fingerprint density at radius 1 is 0.950 bits per heavy atom. The molecule has 0 unspecified atom stereocenters. The smallest absolute Gasteiger partial charge is 0.280 e. The molecule has 2 aromatic rings. The van der Waals surface area contributed by atoms with Crippen molar-refractivity contribution in [3.05, 3.63) is 48.0 Å². The summed E-state index contributed by atoms with van der Waals surface area (Å²) in [5, 5.41) is 7.89. The summed E-state index contributed by atoms with van der Waals surface area (Å²) in [5.41, 5.74) is 19.8. The van der Waals surface area contributed by atoms with Crippen molar-refractivity contribution >= 4 is 28.6 Å². The zero-order chi connectivity index (χ0) is 15.1. The Kier molecular flexibility index (Phi) is 5.04. The monoisotopic (exact) mass is 272 g/mol. The summed E-state index contributed by atoms with van der Waals surface area (Å²) in [6.07, 6.45) is 0. The first-order valence-corrected chi connectivity index (χ1v) is 5.63. The Hall–Kier alpha value is -3.09. The molecule has 0 aliphatic rings. The fourth-order valence-electron chi connectivity index (χ4n) is 1.59. The van der Waals surface area contributed by atoms with Crippen molar-refractivity contribution < 1.29 is 4.79 Å². The maximum absolute atomic E-state index is 11.7. The molecule has 20 heavy (non-hydrogen) atoms. The molecule has 0 radical (unpaired) electrons. The van der Waals surface area contributed by atoms with E-state index >= 15 is 0 Å². The van der Waals surface area contributed by atoms with E-state index in [-0.39, 0.29) is 11.9 Å². The van der Waals surface area contributed by atoms with E-state index in [4.69, 9.17) is 16.9 Å². The number of fused-ring (bicyclic) bond motifs is 1. The van der Waals surface area contributed by atoms with E-state index in [1.807, 2.05) is 30.3 Å². The molecule has 1 amide bonds. The number of carbonyl (C=O) groups excluding carboxylic acids is 1. The van der Waals surface area contributed by atoms with Crippen molar-refractivity contribution in [1.82, 2.24) is 0 Å². The average molecular weight is 272 g/mol. The number of guanidine groups is 2. The van der Waals surface area contributed by atoms with Crippen LogP contribution in [0.3, 0.4) is 0 Å². The third kappa shape index (κ3) is 4.30. The largest absolute Gasteiger partial charge is 0.370 e. The minimum atomic E-state index is -0.420. The van der Waals surface area contributed by atoms with Crippen LogP contribution >= 0.6 is 0 Å². The third-order valence-corrected chi connectivity index (χ3v) is 2.25. The van der Waals surface area contributed by atoms with Crippen LogP contribution < -0.4 is 22.9 Å². The summed E-state index contributed by atoms with van der Waals surface area (Å²) in [6.45, 7) is 0. The molecule has 0 aliphatic heterocycles. The highest BCUT2D eigenvalue weighted by Crippen LogP contribution is 2.18. The van der Waals surface area contributed by atoms with Crippen molar-refractivity contribution in [1.29, 1.82) is 5.41 Å². The minimum absolute atomic E-state index is 0.224. The Morgan fingerprint density at radius 3 is 2.10 bits per heavy atom. The number of carbonyl (C=O) groups is 1. The number of amides is 1. The number of nitrogens with zero attached hydrogens (tertiary/aromatic N) is 1. The van der Waals surface area contributed by atoms with E-state index in [2.05, 4.69) is 16.5 Å². The van der Waals surface area contributed by atoms with Gasteiger partial charge in [-0.25, -0.2) is 0 Å². The molecule has 0 saturated carbocycles. The summed E-state index contributed by atoms with van der Waals surface area (Å²) in [6, 6.07) is 13.0. The van der Waals surface area contributed by atoms with E-state index < -0.39 is 5.91 Å². The number of benzene rings is 2.